The molecule has 2 aromatic heterocycles. The second kappa shape index (κ2) is 3.44. The van der Waals surface area contributed by atoms with Gasteiger partial charge in [-0.15, -0.1) is 0 Å². The monoisotopic (exact) mass is 227 g/mol. The zero-order chi connectivity index (χ0) is 11.8. The van der Waals surface area contributed by atoms with Gasteiger partial charge in [-0.05, 0) is 0 Å². The van der Waals surface area contributed by atoms with Crippen molar-refractivity contribution in [3.8, 4) is 11.3 Å². The zero-order valence-electron chi connectivity index (χ0n) is 8.77. The van der Waals surface area contributed by atoms with Crippen LogP contribution in [0.5, 0.6) is 0 Å². The molecule has 1 aromatic carbocycles. The maximum atomic E-state index is 11.1. The lowest BCUT2D eigenvalue weighted by atomic mass is 10.1. The number of nitrogens with two attached hydrogens (primary N) is 1. The molecule has 0 aliphatic carbocycles. The zero-order valence-corrected chi connectivity index (χ0v) is 8.77. The van der Waals surface area contributed by atoms with Crippen LogP contribution in [0.4, 0.5) is 5.82 Å². The molecule has 0 unspecified atom stereocenters. The molecule has 6 heteroatoms. The largest absolute Gasteiger partial charge is 0.383 e. The summed E-state index contributed by atoms with van der Waals surface area (Å²) in [5.74, 6) is 0.177. The van der Waals surface area contributed by atoms with Gasteiger partial charge in [0.25, 0.3) is 0 Å². The first-order chi connectivity index (χ1) is 8.25. The van der Waals surface area contributed by atoms with Crippen LogP contribution >= 0.6 is 0 Å². The van der Waals surface area contributed by atoms with Crippen LogP contribution in [0.15, 0.2) is 35.1 Å². The summed E-state index contributed by atoms with van der Waals surface area (Å²) in [6, 6.07) is 9.61. The molecule has 6 nitrogen and oxygen atoms in total. The van der Waals surface area contributed by atoms with E-state index in [1.807, 2.05) is 30.3 Å². The van der Waals surface area contributed by atoms with E-state index in [-0.39, 0.29) is 5.82 Å². The number of nitrogens with zero attached hydrogens (tertiary/aromatic N) is 2. The Balaban J connectivity index is 2.36. The van der Waals surface area contributed by atoms with Crippen LogP contribution in [0.3, 0.4) is 0 Å². The van der Waals surface area contributed by atoms with Crippen molar-refractivity contribution in [3.05, 3.63) is 40.8 Å². The number of anilines is 1. The lowest BCUT2D eigenvalue weighted by molar-refractivity contribution is 1.06. The van der Waals surface area contributed by atoms with Crippen LogP contribution in [-0.2, 0) is 0 Å². The molecule has 0 fully saturated rings. The number of rotatable bonds is 1. The van der Waals surface area contributed by atoms with E-state index in [1.54, 1.807) is 0 Å². The average Bonchev–Trinajstić information content (AvgIpc) is 2.74. The number of H-pyrrole nitrogens is 2. The second-order valence-electron chi connectivity index (χ2n) is 3.62. The van der Waals surface area contributed by atoms with Gasteiger partial charge in [-0.3, -0.25) is 10.1 Å². The molecule has 3 aromatic rings. The van der Waals surface area contributed by atoms with Gasteiger partial charge in [0.2, 0.25) is 0 Å². The maximum absolute atomic E-state index is 11.1. The predicted octanol–water partition coefficient (Wildman–Crippen LogP) is 0.895. The van der Waals surface area contributed by atoms with Crippen molar-refractivity contribution in [1.82, 2.24) is 20.2 Å². The van der Waals surface area contributed by atoms with Crippen LogP contribution in [0.25, 0.3) is 22.3 Å². The molecule has 0 bridgehead atoms. The number of benzene rings is 1. The summed E-state index contributed by atoms with van der Waals surface area (Å²) >= 11 is 0. The Morgan fingerprint density at radius 2 is 1.94 bits per heavy atom. The summed E-state index contributed by atoms with van der Waals surface area (Å²) in [5, 5.41) is 7.51. The molecule has 17 heavy (non-hydrogen) atoms. The first-order valence-corrected chi connectivity index (χ1v) is 5.05. The first-order valence-electron chi connectivity index (χ1n) is 5.05. The quantitative estimate of drug-likeness (QED) is 0.574. The molecule has 0 spiro atoms. The van der Waals surface area contributed by atoms with Gasteiger partial charge < -0.3 is 5.73 Å². The van der Waals surface area contributed by atoms with E-state index in [1.165, 1.54) is 0 Å². The van der Waals surface area contributed by atoms with Crippen LogP contribution in [0, 0.1) is 0 Å². The van der Waals surface area contributed by atoms with E-state index < -0.39 is 5.69 Å². The highest BCUT2D eigenvalue weighted by Crippen LogP contribution is 2.27. The van der Waals surface area contributed by atoms with Gasteiger partial charge in [0.1, 0.15) is 5.82 Å². The normalized spacial score (nSPS) is 10.8. The van der Waals surface area contributed by atoms with Gasteiger partial charge >= 0.3 is 5.69 Å². The van der Waals surface area contributed by atoms with Crippen molar-refractivity contribution in [2.75, 3.05) is 5.73 Å². The fourth-order valence-corrected chi connectivity index (χ4v) is 1.79. The molecular weight excluding hydrogens is 218 g/mol. The Kier molecular flexibility index (Phi) is 1.94. The topological polar surface area (TPSA) is 100 Å². The number of aromatic amines is 2. The molecule has 0 amide bonds. The van der Waals surface area contributed by atoms with Gasteiger partial charge in [0.05, 0.1) is 11.1 Å². The number of nitrogens with one attached hydrogen (secondary N) is 2. The lowest BCUT2D eigenvalue weighted by Gasteiger charge is -1.99. The highest BCUT2D eigenvalue weighted by atomic mass is 16.1. The van der Waals surface area contributed by atoms with Crippen LogP contribution < -0.4 is 11.4 Å². The molecule has 0 aliphatic heterocycles. The lowest BCUT2D eigenvalue weighted by Crippen LogP contribution is -2.12. The molecule has 0 aliphatic rings. The highest BCUT2D eigenvalue weighted by molar-refractivity contribution is 5.97. The van der Waals surface area contributed by atoms with E-state index in [0.29, 0.717) is 11.0 Å². The molecule has 0 saturated heterocycles. The SMILES string of the molecule is Nc1nc(=O)[nH]c2n[nH]c(-c3ccccc3)c12. The minimum absolute atomic E-state index is 0.177. The van der Waals surface area contributed by atoms with Gasteiger partial charge in [0, 0.05) is 5.56 Å². The van der Waals surface area contributed by atoms with Crippen LogP contribution in [0.1, 0.15) is 0 Å². The smallest absolute Gasteiger partial charge is 0.348 e. The average molecular weight is 227 g/mol. The Morgan fingerprint density at radius 1 is 1.18 bits per heavy atom. The molecule has 4 N–H and O–H groups in total. The van der Waals surface area contributed by atoms with Gasteiger partial charge in [0.15, 0.2) is 5.65 Å². The standard InChI is InChI=1S/C11H9N5O/c12-9-7-8(6-4-2-1-3-5-6)15-16-10(7)14-11(17)13-9/h1-5H,(H4,12,13,14,15,16,17). The third-order valence-corrected chi connectivity index (χ3v) is 2.53. The van der Waals surface area contributed by atoms with Crippen molar-refractivity contribution >= 4 is 16.9 Å². The summed E-state index contributed by atoms with van der Waals surface area (Å²) in [7, 11) is 0. The maximum Gasteiger partial charge on any atom is 0.348 e. The van der Waals surface area contributed by atoms with Gasteiger partial charge in [-0.1, -0.05) is 30.3 Å². The fraction of sp³-hybridized carbons (Fsp3) is 0. The summed E-state index contributed by atoms with van der Waals surface area (Å²) in [4.78, 5) is 17.3. The van der Waals surface area contributed by atoms with Crippen LogP contribution in [-0.4, -0.2) is 20.2 Å². The Bertz CT molecular complexity index is 728. The fourth-order valence-electron chi connectivity index (χ4n) is 1.79. The summed E-state index contributed by atoms with van der Waals surface area (Å²) in [6.45, 7) is 0. The van der Waals surface area contributed by atoms with Crippen molar-refractivity contribution in [2.45, 2.75) is 0 Å². The first kappa shape index (κ1) is 9.59. The highest BCUT2D eigenvalue weighted by Gasteiger charge is 2.12. The summed E-state index contributed by atoms with van der Waals surface area (Å²) in [5.41, 5.74) is 7.36. The van der Waals surface area contributed by atoms with Crippen molar-refractivity contribution in [2.24, 2.45) is 0 Å². The summed E-state index contributed by atoms with van der Waals surface area (Å²) in [6.07, 6.45) is 0. The summed E-state index contributed by atoms with van der Waals surface area (Å²) < 4.78 is 0. The Labute approximate surface area is 95.5 Å². The number of hydrogen-bond donors (Lipinski definition) is 3. The molecule has 2 heterocycles. The minimum atomic E-state index is -0.499. The van der Waals surface area contributed by atoms with Gasteiger partial charge in [-0.25, -0.2) is 4.79 Å². The van der Waals surface area contributed by atoms with E-state index >= 15 is 0 Å². The molecular formula is C11H9N5O. The van der Waals surface area contributed by atoms with E-state index in [0.717, 1.165) is 11.3 Å². The van der Waals surface area contributed by atoms with E-state index in [4.69, 9.17) is 5.73 Å². The van der Waals surface area contributed by atoms with Crippen LogP contribution in [0.2, 0.25) is 0 Å². The van der Waals surface area contributed by atoms with E-state index in [2.05, 4.69) is 20.2 Å². The number of aromatic nitrogens is 4. The third kappa shape index (κ3) is 1.46. The predicted molar refractivity (Wildman–Crippen MR) is 64.4 cm³/mol. The van der Waals surface area contributed by atoms with E-state index in [9.17, 15) is 4.79 Å². The Hall–Kier alpha value is -2.63. The van der Waals surface area contributed by atoms with Crippen molar-refractivity contribution in [1.29, 1.82) is 0 Å². The second-order valence-corrected chi connectivity index (χ2v) is 3.62. The van der Waals surface area contributed by atoms with Crippen molar-refractivity contribution in [3.63, 3.8) is 0 Å². The Morgan fingerprint density at radius 3 is 2.71 bits per heavy atom. The molecule has 0 radical (unpaired) electrons. The molecule has 0 atom stereocenters. The molecule has 0 saturated carbocycles. The number of nitrogen functional groups attached to an aromatic ring is 1. The van der Waals surface area contributed by atoms with Crippen molar-refractivity contribution < 1.29 is 0 Å². The van der Waals surface area contributed by atoms with Gasteiger partial charge in [-0.2, -0.15) is 10.1 Å². The minimum Gasteiger partial charge on any atom is -0.383 e. The molecule has 84 valence electrons. The number of hydrogen-bond acceptors (Lipinski definition) is 4. The molecule has 3 rings (SSSR count). The third-order valence-electron chi connectivity index (χ3n) is 2.53. The number of fused-ring (bicyclic) bond motifs is 1.